The highest BCUT2D eigenvalue weighted by Gasteiger charge is 2.49. The van der Waals surface area contributed by atoms with Crippen molar-refractivity contribution in [1.29, 1.82) is 0 Å². The molecular weight excluding hydrogens is 535 g/mol. The van der Waals surface area contributed by atoms with E-state index in [9.17, 15) is 22.4 Å². The molecule has 2 aliphatic rings. The predicted octanol–water partition coefficient (Wildman–Crippen LogP) is 3.61. The van der Waals surface area contributed by atoms with Crippen molar-refractivity contribution in [2.24, 2.45) is 0 Å². The summed E-state index contributed by atoms with van der Waals surface area (Å²) in [5.41, 5.74) is 4.58. The second-order valence-corrected chi connectivity index (χ2v) is 12.0. The van der Waals surface area contributed by atoms with Crippen molar-refractivity contribution in [3.8, 4) is 0 Å². The summed E-state index contributed by atoms with van der Waals surface area (Å²) in [6.45, 7) is 0.0355. The van der Waals surface area contributed by atoms with Gasteiger partial charge in [0, 0.05) is 23.8 Å². The monoisotopic (exact) mass is 566 g/mol. The van der Waals surface area contributed by atoms with Gasteiger partial charge in [-0.3, -0.25) is 19.4 Å². The molecule has 1 aromatic heterocycles. The number of pyridine rings is 1. The van der Waals surface area contributed by atoms with Crippen molar-refractivity contribution in [2.75, 3.05) is 6.26 Å². The quantitative estimate of drug-likeness (QED) is 0.403. The lowest BCUT2D eigenvalue weighted by molar-refractivity contribution is -0.138. The molecule has 3 aromatic rings. The van der Waals surface area contributed by atoms with E-state index in [1.54, 1.807) is 59.6 Å². The van der Waals surface area contributed by atoms with Crippen LogP contribution in [0, 0.1) is 5.82 Å². The lowest BCUT2D eigenvalue weighted by atomic mass is 9.76. The van der Waals surface area contributed by atoms with Crippen molar-refractivity contribution in [3.63, 3.8) is 0 Å². The van der Waals surface area contributed by atoms with Crippen LogP contribution in [0.4, 0.5) is 4.39 Å². The van der Waals surface area contributed by atoms with Gasteiger partial charge in [0.15, 0.2) is 0 Å². The molecule has 4 atom stereocenters. The molecule has 2 amide bonds. The Morgan fingerprint density at radius 1 is 1.05 bits per heavy atom. The highest BCUT2D eigenvalue weighted by atomic mass is 32.2. The minimum atomic E-state index is -3.57. The van der Waals surface area contributed by atoms with Crippen molar-refractivity contribution >= 4 is 21.8 Å². The maximum absolute atomic E-state index is 14.1. The van der Waals surface area contributed by atoms with Gasteiger partial charge in [0.25, 0.3) is 11.8 Å². The summed E-state index contributed by atoms with van der Waals surface area (Å²) in [5, 5.41) is 0. The van der Waals surface area contributed by atoms with Crippen molar-refractivity contribution in [2.45, 2.75) is 56.3 Å². The van der Waals surface area contributed by atoms with Crippen LogP contribution in [-0.2, 0) is 26.3 Å². The van der Waals surface area contributed by atoms with E-state index in [2.05, 4.69) is 15.2 Å². The third kappa shape index (κ3) is 6.06. The molecule has 0 saturated heterocycles. The highest BCUT2D eigenvalue weighted by molar-refractivity contribution is 7.88. The van der Waals surface area contributed by atoms with Gasteiger partial charge in [-0.15, -0.1) is 0 Å². The number of hydrogen-bond acceptors (Lipinski definition) is 6. The molecule has 1 aliphatic carbocycles. The summed E-state index contributed by atoms with van der Waals surface area (Å²) >= 11 is 0. The summed E-state index contributed by atoms with van der Waals surface area (Å²) in [6, 6.07) is 16.0. The van der Waals surface area contributed by atoms with Gasteiger partial charge >= 0.3 is 0 Å². The molecule has 0 spiro atoms. The Kier molecular flexibility index (Phi) is 8.24. The van der Waals surface area contributed by atoms with Crippen LogP contribution in [0.25, 0.3) is 0 Å². The normalized spacial score (nSPS) is 22.9. The zero-order valence-electron chi connectivity index (χ0n) is 22.0. The Bertz CT molecular complexity index is 1470. The van der Waals surface area contributed by atoms with Crippen LogP contribution in [0.3, 0.4) is 0 Å². The molecule has 5 rings (SSSR count). The van der Waals surface area contributed by atoms with E-state index in [4.69, 9.17) is 4.84 Å². The Morgan fingerprint density at radius 3 is 2.50 bits per heavy atom. The zero-order valence-corrected chi connectivity index (χ0v) is 22.8. The fourth-order valence-corrected chi connectivity index (χ4v) is 6.62. The number of sulfonamides is 1. The molecule has 210 valence electrons. The van der Waals surface area contributed by atoms with E-state index >= 15 is 0 Å². The maximum atomic E-state index is 14.1. The topological polar surface area (TPSA) is 118 Å². The first-order chi connectivity index (χ1) is 19.2. The highest BCUT2D eigenvalue weighted by Crippen LogP contribution is 2.46. The van der Waals surface area contributed by atoms with E-state index < -0.39 is 45.8 Å². The fraction of sp³-hybridized carbons (Fsp3) is 0.345. The van der Waals surface area contributed by atoms with Gasteiger partial charge in [-0.1, -0.05) is 49.2 Å². The lowest BCUT2D eigenvalue weighted by Gasteiger charge is -2.49. The van der Waals surface area contributed by atoms with Gasteiger partial charge < -0.3 is 4.90 Å². The molecule has 2 heterocycles. The number of fused-ring (bicyclic) bond motifs is 1. The standard InChI is InChI=1S/C29H31FN4O5S/c1-40(37,38)33-24-11-4-5-12-25(24)34-27(19-13-15-20(30)16-14-19)26(22-9-2-3-10-23(22)29(34)36)28(35)32-39-18-21-8-6-7-17-31-21/h2-3,6-10,13-17,24-27,33H,4-5,11-12,18H2,1H3,(H,32,35)/t24-,25-,26+,27-/m0/s1. The molecule has 11 heteroatoms. The number of amides is 2. The number of benzene rings is 2. The number of aromatic nitrogens is 1. The van der Waals surface area contributed by atoms with Crippen LogP contribution in [0.5, 0.6) is 0 Å². The summed E-state index contributed by atoms with van der Waals surface area (Å²) in [4.78, 5) is 39.4. The minimum Gasteiger partial charge on any atom is -0.326 e. The van der Waals surface area contributed by atoms with E-state index in [1.165, 1.54) is 12.1 Å². The second-order valence-electron chi connectivity index (χ2n) is 10.2. The van der Waals surface area contributed by atoms with Crippen LogP contribution in [-0.4, -0.2) is 48.5 Å². The Balaban J connectivity index is 1.57. The molecule has 0 radical (unpaired) electrons. The van der Waals surface area contributed by atoms with Crippen LogP contribution >= 0.6 is 0 Å². The third-order valence-electron chi connectivity index (χ3n) is 7.44. The van der Waals surface area contributed by atoms with Gasteiger partial charge in [-0.05, 0) is 54.3 Å². The Morgan fingerprint density at radius 2 is 1.77 bits per heavy atom. The molecular formula is C29H31FN4O5S. The van der Waals surface area contributed by atoms with Crippen LogP contribution < -0.4 is 10.2 Å². The summed E-state index contributed by atoms with van der Waals surface area (Å²) in [5.74, 6) is -2.16. The van der Waals surface area contributed by atoms with Crippen molar-refractivity contribution in [1.82, 2.24) is 20.1 Å². The number of nitrogens with one attached hydrogen (secondary N) is 2. The number of hydrogen-bond donors (Lipinski definition) is 2. The lowest BCUT2D eigenvalue weighted by Crippen LogP contribution is -2.59. The molecule has 1 saturated carbocycles. The average Bonchev–Trinajstić information content (AvgIpc) is 2.94. The molecule has 9 nitrogen and oxygen atoms in total. The van der Waals surface area contributed by atoms with Crippen molar-refractivity contribution in [3.05, 3.63) is 101 Å². The van der Waals surface area contributed by atoms with Gasteiger partial charge in [0.05, 0.1) is 23.9 Å². The maximum Gasteiger partial charge on any atom is 0.255 e. The predicted molar refractivity (Wildman–Crippen MR) is 146 cm³/mol. The third-order valence-corrected chi connectivity index (χ3v) is 8.17. The molecule has 40 heavy (non-hydrogen) atoms. The number of halogens is 1. The number of rotatable bonds is 8. The Hall–Kier alpha value is -3.67. The van der Waals surface area contributed by atoms with E-state index in [0.717, 1.165) is 19.1 Å². The average molecular weight is 567 g/mol. The van der Waals surface area contributed by atoms with Crippen molar-refractivity contribution < 1.29 is 27.2 Å². The van der Waals surface area contributed by atoms with Gasteiger partial charge in [0.2, 0.25) is 10.0 Å². The number of carbonyl (C=O) groups excluding carboxylic acids is 2. The molecule has 0 unspecified atom stereocenters. The summed E-state index contributed by atoms with van der Waals surface area (Å²) in [7, 11) is -3.57. The summed E-state index contributed by atoms with van der Waals surface area (Å²) < 4.78 is 41.2. The molecule has 0 bridgehead atoms. The summed E-state index contributed by atoms with van der Waals surface area (Å²) in [6.07, 6.45) is 5.40. The first-order valence-electron chi connectivity index (χ1n) is 13.2. The van der Waals surface area contributed by atoms with Crippen LogP contribution in [0.15, 0.2) is 72.9 Å². The van der Waals surface area contributed by atoms with E-state index in [1.807, 2.05) is 6.07 Å². The molecule has 1 aliphatic heterocycles. The van der Waals surface area contributed by atoms with Crippen LogP contribution in [0.2, 0.25) is 0 Å². The molecule has 2 N–H and O–H groups in total. The fourth-order valence-electron chi connectivity index (χ4n) is 5.80. The molecule has 2 aromatic carbocycles. The van der Waals surface area contributed by atoms with Gasteiger partial charge in [-0.25, -0.2) is 23.0 Å². The first-order valence-corrected chi connectivity index (χ1v) is 15.1. The number of carbonyl (C=O) groups is 2. The largest absolute Gasteiger partial charge is 0.326 e. The Labute approximate surface area is 232 Å². The molecule has 1 fully saturated rings. The number of nitrogens with zero attached hydrogens (tertiary/aromatic N) is 2. The van der Waals surface area contributed by atoms with Crippen LogP contribution in [0.1, 0.15) is 64.8 Å². The SMILES string of the molecule is CS(=O)(=O)N[C@H]1CCCC[C@@H]1N1C(=O)c2ccccc2[C@@H](C(=O)NOCc2ccccn2)[C@@H]1c1ccc(F)cc1. The number of hydroxylamine groups is 1. The van der Waals surface area contributed by atoms with Gasteiger partial charge in [-0.2, -0.15) is 0 Å². The minimum absolute atomic E-state index is 0.0355. The van der Waals surface area contributed by atoms with E-state index in [-0.39, 0.29) is 12.5 Å². The van der Waals surface area contributed by atoms with Gasteiger partial charge in [0.1, 0.15) is 12.4 Å². The smallest absolute Gasteiger partial charge is 0.255 e. The second kappa shape index (κ2) is 11.8. The zero-order chi connectivity index (χ0) is 28.3. The first kappa shape index (κ1) is 27.9. The van der Waals surface area contributed by atoms with E-state index in [0.29, 0.717) is 35.2 Å².